The molecule has 2 N–H and O–H groups in total. The van der Waals surface area contributed by atoms with Crippen molar-refractivity contribution in [3.05, 3.63) is 0 Å². The molecule has 2 amide bonds. The van der Waals surface area contributed by atoms with Crippen LogP contribution in [0.1, 0.15) is 20.3 Å². The van der Waals surface area contributed by atoms with Gasteiger partial charge in [0.25, 0.3) is 0 Å². The van der Waals surface area contributed by atoms with Gasteiger partial charge in [0.05, 0.1) is 0 Å². The topological polar surface area (TPSA) is 44.4 Å². The molecule has 0 aromatic carbocycles. The van der Waals surface area contributed by atoms with Gasteiger partial charge in [-0.1, -0.05) is 0 Å². The number of urea groups is 1. The Balaban J connectivity index is 3.48. The minimum atomic E-state index is 0.0427. The molecule has 0 spiro atoms. The number of carbonyl (C=O) groups excluding carboxylic acids is 1. The van der Waals surface area contributed by atoms with E-state index in [-0.39, 0.29) is 6.03 Å². The maximum atomic E-state index is 11.4. The van der Waals surface area contributed by atoms with Crippen LogP contribution in [0, 0.1) is 0 Å². The lowest BCUT2D eigenvalue weighted by atomic mass is 10.4. The van der Waals surface area contributed by atoms with E-state index >= 15 is 0 Å². The van der Waals surface area contributed by atoms with Gasteiger partial charge < -0.3 is 15.5 Å². The second kappa shape index (κ2) is 7.86. The van der Waals surface area contributed by atoms with Crippen molar-refractivity contribution >= 4 is 6.03 Å². The van der Waals surface area contributed by atoms with Gasteiger partial charge in [0.15, 0.2) is 0 Å². The Kier molecular flexibility index (Phi) is 7.39. The summed E-state index contributed by atoms with van der Waals surface area (Å²) in [5.74, 6) is 0. The summed E-state index contributed by atoms with van der Waals surface area (Å²) in [5.41, 5.74) is 0. The third kappa shape index (κ3) is 5.47. The zero-order valence-corrected chi connectivity index (χ0v) is 8.89. The summed E-state index contributed by atoms with van der Waals surface area (Å²) in [6.45, 7) is 7.20. The summed E-state index contributed by atoms with van der Waals surface area (Å²) in [7, 11) is 1.91. The van der Waals surface area contributed by atoms with Gasteiger partial charge >= 0.3 is 6.03 Å². The molecule has 0 aromatic rings. The van der Waals surface area contributed by atoms with E-state index < -0.39 is 0 Å². The third-order valence-electron chi connectivity index (χ3n) is 1.93. The van der Waals surface area contributed by atoms with Gasteiger partial charge in [0.1, 0.15) is 0 Å². The molecule has 0 aliphatic heterocycles. The predicted molar refractivity (Wildman–Crippen MR) is 54.9 cm³/mol. The van der Waals surface area contributed by atoms with Gasteiger partial charge in [-0.25, -0.2) is 4.79 Å². The molecule has 13 heavy (non-hydrogen) atoms. The highest BCUT2D eigenvalue weighted by molar-refractivity contribution is 5.73. The van der Waals surface area contributed by atoms with Crippen LogP contribution < -0.4 is 10.6 Å². The Morgan fingerprint density at radius 3 is 2.31 bits per heavy atom. The number of carbonyl (C=O) groups is 1. The average Bonchev–Trinajstić information content (AvgIpc) is 2.14. The molecule has 0 saturated heterocycles. The molecule has 0 radical (unpaired) electrons. The lowest BCUT2D eigenvalue weighted by molar-refractivity contribution is 0.203. The first-order valence-electron chi connectivity index (χ1n) is 4.93. The third-order valence-corrected chi connectivity index (χ3v) is 1.93. The normalized spacial score (nSPS) is 9.77. The van der Waals surface area contributed by atoms with Gasteiger partial charge in [-0.3, -0.25) is 0 Å². The maximum Gasteiger partial charge on any atom is 0.317 e. The zero-order chi connectivity index (χ0) is 10.1. The Bertz CT molecular complexity index is 135. The van der Waals surface area contributed by atoms with Crippen molar-refractivity contribution in [1.29, 1.82) is 0 Å². The summed E-state index contributed by atoms with van der Waals surface area (Å²) in [4.78, 5) is 13.1. The van der Waals surface area contributed by atoms with Crippen molar-refractivity contribution < 1.29 is 4.79 Å². The van der Waals surface area contributed by atoms with Crippen LogP contribution in [-0.2, 0) is 0 Å². The number of hydrogen-bond acceptors (Lipinski definition) is 2. The van der Waals surface area contributed by atoms with Gasteiger partial charge in [0.2, 0.25) is 0 Å². The first-order valence-corrected chi connectivity index (χ1v) is 4.93. The summed E-state index contributed by atoms with van der Waals surface area (Å²) >= 11 is 0. The Hall–Kier alpha value is -0.770. The van der Waals surface area contributed by atoms with Crippen LogP contribution in [0.3, 0.4) is 0 Å². The Morgan fingerprint density at radius 1 is 1.23 bits per heavy atom. The van der Waals surface area contributed by atoms with Crippen molar-refractivity contribution in [2.45, 2.75) is 20.3 Å². The van der Waals surface area contributed by atoms with Gasteiger partial charge in [-0.2, -0.15) is 0 Å². The quantitative estimate of drug-likeness (QED) is 0.600. The fourth-order valence-corrected chi connectivity index (χ4v) is 1.08. The molecule has 0 unspecified atom stereocenters. The number of nitrogens with zero attached hydrogens (tertiary/aromatic N) is 1. The molecule has 0 fully saturated rings. The van der Waals surface area contributed by atoms with Gasteiger partial charge in [0, 0.05) is 19.6 Å². The molecular formula is C9H21N3O. The number of rotatable bonds is 6. The standard InChI is InChI=1S/C9H21N3O/c1-4-12(5-2)9(13)11-8-6-7-10-3/h10H,4-8H2,1-3H3,(H,11,13). The molecule has 4 nitrogen and oxygen atoms in total. The van der Waals surface area contributed by atoms with Crippen LogP contribution in [0.15, 0.2) is 0 Å². The smallest absolute Gasteiger partial charge is 0.317 e. The van der Waals surface area contributed by atoms with Crippen LogP contribution >= 0.6 is 0 Å². The lowest BCUT2D eigenvalue weighted by Crippen LogP contribution is -2.40. The van der Waals surface area contributed by atoms with E-state index in [1.807, 2.05) is 20.9 Å². The fourth-order valence-electron chi connectivity index (χ4n) is 1.08. The number of nitrogens with one attached hydrogen (secondary N) is 2. The highest BCUT2D eigenvalue weighted by Gasteiger charge is 2.06. The lowest BCUT2D eigenvalue weighted by Gasteiger charge is -2.18. The second-order valence-corrected chi connectivity index (χ2v) is 2.86. The highest BCUT2D eigenvalue weighted by atomic mass is 16.2. The van der Waals surface area contributed by atoms with Crippen LogP contribution in [0.4, 0.5) is 4.79 Å². The highest BCUT2D eigenvalue weighted by Crippen LogP contribution is 1.87. The molecule has 0 bridgehead atoms. The second-order valence-electron chi connectivity index (χ2n) is 2.86. The van der Waals surface area contributed by atoms with E-state index in [2.05, 4.69) is 10.6 Å². The Labute approximate surface area is 80.7 Å². The fraction of sp³-hybridized carbons (Fsp3) is 0.889. The van der Waals surface area contributed by atoms with Crippen molar-refractivity contribution in [3.8, 4) is 0 Å². The van der Waals surface area contributed by atoms with Gasteiger partial charge in [-0.05, 0) is 33.9 Å². The van der Waals surface area contributed by atoms with Crippen molar-refractivity contribution in [2.24, 2.45) is 0 Å². The molecule has 78 valence electrons. The largest absolute Gasteiger partial charge is 0.338 e. The summed E-state index contributed by atoms with van der Waals surface area (Å²) < 4.78 is 0. The van der Waals surface area contributed by atoms with Crippen LogP contribution in [0.2, 0.25) is 0 Å². The van der Waals surface area contributed by atoms with E-state index in [4.69, 9.17) is 0 Å². The molecule has 0 aliphatic rings. The van der Waals surface area contributed by atoms with E-state index in [0.29, 0.717) is 0 Å². The van der Waals surface area contributed by atoms with Crippen molar-refractivity contribution in [1.82, 2.24) is 15.5 Å². The van der Waals surface area contributed by atoms with Crippen LogP contribution in [0.5, 0.6) is 0 Å². The molecule has 0 aliphatic carbocycles. The zero-order valence-electron chi connectivity index (χ0n) is 8.89. The Morgan fingerprint density at radius 2 is 1.85 bits per heavy atom. The van der Waals surface area contributed by atoms with E-state index in [0.717, 1.165) is 32.6 Å². The van der Waals surface area contributed by atoms with Crippen molar-refractivity contribution in [3.63, 3.8) is 0 Å². The molecule has 4 heteroatoms. The van der Waals surface area contributed by atoms with Crippen LogP contribution in [-0.4, -0.2) is 44.2 Å². The summed E-state index contributed by atoms with van der Waals surface area (Å²) in [5, 5.41) is 5.90. The molecule has 0 aromatic heterocycles. The van der Waals surface area contributed by atoms with E-state index in [1.54, 1.807) is 4.90 Å². The average molecular weight is 187 g/mol. The molecule has 0 atom stereocenters. The molecular weight excluding hydrogens is 166 g/mol. The summed E-state index contributed by atoms with van der Waals surface area (Å²) in [6, 6.07) is 0.0427. The first-order chi connectivity index (χ1) is 6.26. The molecule has 0 heterocycles. The number of hydrogen-bond donors (Lipinski definition) is 2. The van der Waals surface area contributed by atoms with E-state index in [1.165, 1.54) is 0 Å². The summed E-state index contributed by atoms with van der Waals surface area (Å²) in [6.07, 6.45) is 0.976. The monoisotopic (exact) mass is 187 g/mol. The molecule has 0 saturated carbocycles. The van der Waals surface area contributed by atoms with E-state index in [9.17, 15) is 4.79 Å². The van der Waals surface area contributed by atoms with Crippen molar-refractivity contribution in [2.75, 3.05) is 33.2 Å². The number of amides is 2. The minimum absolute atomic E-state index is 0.0427. The minimum Gasteiger partial charge on any atom is -0.338 e. The SMILES string of the molecule is CCN(CC)C(=O)NCCCNC. The van der Waals surface area contributed by atoms with Gasteiger partial charge in [-0.15, -0.1) is 0 Å². The van der Waals surface area contributed by atoms with Crippen LogP contribution in [0.25, 0.3) is 0 Å². The predicted octanol–water partition coefficient (Wildman–Crippen LogP) is 0.647. The maximum absolute atomic E-state index is 11.4. The first kappa shape index (κ1) is 12.2. The molecule has 0 rings (SSSR count).